The Balaban J connectivity index is 1.58. The molecule has 4 rings (SSSR count). The first-order chi connectivity index (χ1) is 15.9. The Morgan fingerprint density at radius 3 is 1.88 bits per heavy atom. The number of rotatable bonds is 5. The fourth-order valence-corrected chi connectivity index (χ4v) is 3.98. The molecular weight excluding hydrogens is 431 g/mol. The van der Waals surface area contributed by atoms with E-state index < -0.39 is 35.5 Å². The van der Waals surface area contributed by atoms with Gasteiger partial charge in [-0.2, -0.15) is 0 Å². The summed E-state index contributed by atoms with van der Waals surface area (Å²) >= 11 is 0. The van der Waals surface area contributed by atoms with Crippen molar-refractivity contribution in [3.05, 3.63) is 95.1 Å². The predicted molar refractivity (Wildman–Crippen MR) is 123 cm³/mol. The van der Waals surface area contributed by atoms with Gasteiger partial charge in [0.2, 0.25) is 0 Å². The molecule has 33 heavy (non-hydrogen) atoms. The second-order valence-electron chi connectivity index (χ2n) is 7.92. The van der Waals surface area contributed by atoms with Crippen molar-refractivity contribution in [2.75, 3.05) is 13.2 Å². The number of halogens is 4. The second-order valence-corrected chi connectivity index (χ2v) is 7.92. The Kier molecular flexibility index (Phi) is 7.01. The molecule has 7 heteroatoms. The van der Waals surface area contributed by atoms with Crippen molar-refractivity contribution >= 4 is 7.85 Å². The van der Waals surface area contributed by atoms with Crippen LogP contribution in [0, 0.1) is 23.3 Å². The van der Waals surface area contributed by atoms with Crippen LogP contribution in [-0.4, -0.2) is 27.4 Å². The van der Waals surface area contributed by atoms with E-state index in [1.807, 2.05) is 6.92 Å². The van der Waals surface area contributed by atoms with Crippen LogP contribution in [0.2, 0.25) is 0 Å². The van der Waals surface area contributed by atoms with Gasteiger partial charge in [0.15, 0.2) is 29.6 Å². The van der Waals surface area contributed by atoms with Gasteiger partial charge in [0.1, 0.15) is 7.85 Å². The van der Waals surface area contributed by atoms with Crippen LogP contribution in [0.15, 0.2) is 60.7 Å². The van der Waals surface area contributed by atoms with E-state index in [2.05, 4.69) is 0 Å². The minimum absolute atomic E-state index is 0.0835. The molecule has 0 atom stereocenters. The Bertz CT molecular complexity index is 1170. The van der Waals surface area contributed by atoms with E-state index in [1.54, 1.807) is 50.3 Å². The van der Waals surface area contributed by atoms with Crippen LogP contribution in [0.25, 0.3) is 22.3 Å². The molecule has 170 valence electrons. The zero-order valence-corrected chi connectivity index (χ0v) is 18.4. The largest absolute Gasteiger partial charge is 0.348 e. The Morgan fingerprint density at radius 2 is 1.33 bits per heavy atom. The van der Waals surface area contributed by atoms with Crippen LogP contribution < -0.4 is 0 Å². The molecule has 1 aliphatic heterocycles. The zero-order chi connectivity index (χ0) is 23.5. The molecule has 1 aliphatic rings. The molecule has 1 saturated heterocycles. The normalized spacial score (nSPS) is 18.7. The third kappa shape index (κ3) is 4.61. The molecule has 0 unspecified atom stereocenters. The van der Waals surface area contributed by atoms with Gasteiger partial charge in [0.25, 0.3) is 0 Å². The topological polar surface area (TPSA) is 18.5 Å². The molecule has 3 aromatic carbocycles. The highest BCUT2D eigenvalue weighted by Crippen LogP contribution is 2.33. The molecule has 0 spiro atoms. The predicted octanol–water partition coefficient (Wildman–Crippen LogP) is 5.74. The van der Waals surface area contributed by atoms with Crippen molar-refractivity contribution in [1.29, 1.82) is 0 Å². The molecule has 0 radical (unpaired) electrons. The molecule has 0 amide bonds. The summed E-state index contributed by atoms with van der Waals surface area (Å²) in [6.07, 6.45) is 3.46. The van der Waals surface area contributed by atoms with Crippen molar-refractivity contribution in [2.45, 2.75) is 25.5 Å². The van der Waals surface area contributed by atoms with E-state index in [0.29, 0.717) is 23.0 Å². The van der Waals surface area contributed by atoms with Crippen molar-refractivity contribution in [2.24, 2.45) is 0 Å². The molecule has 0 bridgehead atoms. The van der Waals surface area contributed by atoms with E-state index in [4.69, 9.17) is 9.47 Å². The van der Waals surface area contributed by atoms with Crippen molar-refractivity contribution in [3.8, 4) is 22.3 Å². The highest BCUT2D eigenvalue weighted by molar-refractivity contribution is 6.08. The lowest BCUT2D eigenvalue weighted by Crippen LogP contribution is -2.30. The van der Waals surface area contributed by atoms with Gasteiger partial charge >= 0.3 is 0 Å². The Hall–Kier alpha value is -2.90. The second kappa shape index (κ2) is 9.93. The number of hydrogen-bond donors (Lipinski definition) is 0. The quantitative estimate of drug-likeness (QED) is 0.278. The van der Waals surface area contributed by atoms with Gasteiger partial charge in [-0.15, -0.1) is 0 Å². The minimum atomic E-state index is -0.972. The fourth-order valence-electron chi connectivity index (χ4n) is 3.98. The Morgan fingerprint density at radius 1 is 0.788 bits per heavy atom. The first kappa shape index (κ1) is 23.3. The van der Waals surface area contributed by atoms with Gasteiger partial charge in [0.05, 0.1) is 13.2 Å². The lowest BCUT2D eigenvalue weighted by Gasteiger charge is -2.28. The van der Waals surface area contributed by atoms with Crippen LogP contribution in [0.3, 0.4) is 0 Å². The third-order valence-electron chi connectivity index (χ3n) is 5.88. The van der Waals surface area contributed by atoms with E-state index in [-0.39, 0.29) is 29.9 Å². The average Bonchev–Trinajstić information content (AvgIpc) is 2.84. The van der Waals surface area contributed by atoms with Crippen LogP contribution in [0.5, 0.6) is 0 Å². The summed E-state index contributed by atoms with van der Waals surface area (Å²) in [5.41, 5.74) is 1.57. The highest BCUT2D eigenvalue weighted by Gasteiger charge is 2.26. The first-order valence-electron chi connectivity index (χ1n) is 10.9. The van der Waals surface area contributed by atoms with Crippen molar-refractivity contribution < 1.29 is 27.0 Å². The first-order valence-corrected chi connectivity index (χ1v) is 10.9. The standard InChI is InChI=1S/C26H23BF4O2/c1-2-3-22-32-13-18(14-33-22)21-11-10-20(25(30)26(21)31)16-6-4-15(5-7-16)19-9-8-17(12-27)23(28)24(19)29/h2-11,18,22H,12-14,27H2,1H3/b3-2+. The number of benzene rings is 3. The number of ether oxygens (including phenoxy) is 2. The van der Waals surface area contributed by atoms with E-state index in [1.165, 1.54) is 18.2 Å². The van der Waals surface area contributed by atoms with Crippen molar-refractivity contribution in [1.82, 2.24) is 0 Å². The Labute approximate surface area is 191 Å². The number of hydrogen-bond acceptors (Lipinski definition) is 2. The summed E-state index contributed by atoms with van der Waals surface area (Å²) < 4.78 is 69.5. The molecule has 1 heterocycles. The van der Waals surface area contributed by atoms with Crippen LogP contribution in [0.4, 0.5) is 17.6 Å². The summed E-state index contributed by atoms with van der Waals surface area (Å²) in [5.74, 6) is -4.11. The van der Waals surface area contributed by atoms with E-state index >= 15 is 0 Å². The lowest BCUT2D eigenvalue weighted by atomic mass is 9.92. The lowest BCUT2D eigenvalue weighted by molar-refractivity contribution is -0.159. The molecule has 1 fully saturated rings. The summed E-state index contributed by atoms with van der Waals surface area (Å²) in [6, 6.07) is 12.4. The molecule has 3 aromatic rings. The van der Waals surface area contributed by atoms with Crippen LogP contribution >= 0.6 is 0 Å². The molecule has 0 N–H and O–H groups in total. The van der Waals surface area contributed by atoms with Gasteiger partial charge < -0.3 is 9.47 Å². The maximum atomic E-state index is 14.9. The van der Waals surface area contributed by atoms with Gasteiger partial charge in [-0.3, -0.25) is 0 Å². The molecule has 0 aromatic heterocycles. The SMILES string of the molecule is BCc1ccc(-c2ccc(-c3ccc(C4COC(/C=C/C)OC4)c(F)c3F)cc2)c(F)c1F. The highest BCUT2D eigenvalue weighted by atomic mass is 19.2. The van der Waals surface area contributed by atoms with Crippen molar-refractivity contribution in [3.63, 3.8) is 0 Å². The molecule has 2 nitrogen and oxygen atoms in total. The third-order valence-corrected chi connectivity index (χ3v) is 5.88. The van der Waals surface area contributed by atoms with Crippen LogP contribution in [0.1, 0.15) is 24.0 Å². The smallest absolute Gasteiger partial charge is 0.176 e. The molecular formula is C26H23BF4O2. The van der Waals surface area contributed by atoms with Gasteiger partial charge in [-0.1, -0.05) is 60.9 Å². The van der Waals surface area contributed by atoms with Gasteiger partial charge in [-0.25, -0.2) is 17.6 Å². The number of allylic oxidation sites excluding steroid dienone is 1. The van der Waals surface area contributed by atoms with Crippen LogP contribution in [-0.2, 0) is 15.8 Å². The summed E-state index contributed by atoms with van der Waals surface area (Å²) in [4.78, 5) is 0. The maximum Gasteiger partial charge on any atom is 0.176 e. The minimum Gasteiger partial charge on any atom is -0.348 e. The molecule has 0 saturated carbocycles. The maximum absolute atomic E-state index is 14.9. The average molecular weight is 454 g/mol. The van der Waals surface area contributed by atoms with Gasteiger partial charge in [0, 0.05) is 17.0 Å². The zero-order valence-electron chi connectivity index (χ0n) is 18.4. The summed E-state index contributed by atoms with van der Waals surface area (Å²) in [6.45, 7) is 2.28. The molecule has 0 aliphatic carbocycles. The van der Waals surface area contributed by atoms with E-state index in [9.17, 15) is 17.6 Å². The summed E-state index contributed by atoms with van der Waals surface area (Å²) in [7, 11) is 1.75. The monoisotopic (exact) mass is 454 g/mol. The summed E-state index contributed by atoms with van der Waals surface area (Å²) in [5, 5.41) is 0. The fraction of sp³-hybridized carbons (Fsp3) is 0.231. The van der Waals surface area contributed by atoms with E-state index in [0.717, 1.165) is 0 Å². The van der Waals surface area contributed by atoms with Gasteiger partial charge in [-0.05, 0) is 35.3 Å².